The molecule has 0 spiro atoms. The Kier molecular flexibility index (Phi) is 4.39. The van der Waals surface area contributed by atoms with Crippen molar-refractivity contribution < 1.29 is 9.53 Å². The maximum atomic E-state index is 11.3. The van der Waals surface area contributed by atoms with Gasteiger partial charge in [-0.25, -0.2) is 0 Å². The zero-order valence-electron chi connectivity index (χ0n) is 9.28. The predicted octanol–water partition coefficient (Wildman–Crippen LogP) is 2.26. The molecule has 0 radical (unpaired) electrons. The normalized spacial score (nSPS) is 9.62. The third-order valence-electron chi connectivity index (χ3n) is 2.28. The van der Waals surface area contributed by atoms with Crippen LogP contribution in [0.1, 0.15) is 23.6 Å². The van der Waals surface area contributed by atoms with E-state index in [1.54, 1.807) is 19.1 Å². The van der Waals surface area contributed by atoms with Crippen molar-refractivity contribution in [2.24, 2.45) is 0 Å². The Balaban J connectivity index is 2.96. The lowest BCUT2D eigenvalue weighted by Gasteiger charge is -2.08. The fraction of sp³-hybridized carbons (Fsp3) is 0.333. The summed E-state index contributed by atoms with van der Waals surface area (Å²) >= 11 is 4.32. The zero-order chi connectivity index (χ0) is 12.1. The molecule has 0 amide bonds. The van der Waals surface area contributed by atoms with Gasteiger partial charge in [-0.1, -0.05) is 6.07 Å². The van der Waals surface area contributed by atoms with Crippen LogP contribution in [0.5, 0.6) is 0 Å². The van der Waals surface area contributed by atoms with Crippen molar-refractivity contribution in [1.29, 1.82) is 5.26 Å². The van der Waals surface area contributed by atoms with Gasteiger partial charge in [-0.2, -0.15) is 5.26 Å². The summed E-state index contributed by atoms with van der Waals surface area (Å²) in [5.41, 5.74) is 2.17. The fourth-order valence-corrected chi connectivity index (χ4v) is 1.66. The van der Waals surface area contributed by atoms with Gasteiger partial charge in [0.25, 0.3) is 0 Å². The largest absolute Gasteiger partial charge is 0.466 e. The molecule has 0 unspecified atom stereocenters. The minimum Gasteiger partial charge on any atom is -0.466 e. The fourth-order valence-electron chi connectivity index (χ4n) is 1.39. The number of hydrogen-bond donors (Lipinski definition) is 1. The average Bonchev–Trinajstić information content (AvgIpc) is 2.25. The van der Waals surface area contributed by atoms with Crippen LogP contribution < -0.4 is 0 Å². The summed E-state index contributed by atoms with van der Waals surface area (Å²) in [6, 6.07) is 5.52. The highest BCUT2D eigenvalue weighted by atomic mass is 32.1. The Labute approximate surface area is 100 Å². The van der Waals surface area contributed by atoms with Gasteiger partial charge in [0.05, 0.1) is 24.7 Å². The summed E-state index contributed by atoms with van der Waals surface area (Å²) in [5.74, 6) is -0.276. The van der Waals surface area contributed by atoms with Crippen LogP contribution in [-0.4, -0.2) is 12.6 Å². The van der Waals surface area contributed by atoms with Crippen molar-refractivity contribution in [1.82, 2.24) is 0 Å². The van der Waals surface area contributed by atoms with Gasteiger partial charge in [0.1, 0.15) is 0 Å². The number of ether oxygens (including phenoxy) is 1. The molecule has 0 saturated heterocycles. The molecule has 0 heterocycles. The van der Waals surface area contributed by atoms with E-state index in [9.17, 15) is 4.79 Å². The number of carbonyl (C=O) groups is 1. The molecule has 0 aliphatic carbocycles. The Morgan fingerprint density at radius 2 is 2.25 bits per heavy atom. The quantitative estimate of drug-likeness (QED) is 0.646. The Bertz CT molecular complexity index is 449. The van der Waals surface area contributed by atoms with Crippen molar-refractivity contribution >= 4 is 18.6 Å². The lowest BCUT2D eigenvalue weighted by molar-refractivity contribution is -0.142. The van der Waals surface area contributed by atoms with Crippen molar-refractivity contribution in [2.75, 3.05) is 6.61 Å². The standard InChI is InChI=1S/C12H13NO2S/c1-3-15-11(14)6-9-4-5-10(7-13)8(2)12(9)16/h4-5,16H,3,6H2,1-2H3. The smallest absolute Gasteiger partial charge is 0.310 e. The van der Waals surface area contributed by atoms with Gasteiger partial charge in [0, 0.05) is 4.90 Å². The molecule has 0 aromatic heterocycles. The van der Waals surface area contributed by atoms with Gasteiger partial charge in [-0.05, 0) is 31.0 Å². The Hall–Kier alpha value is -1.47. The topological polar surface area (TPSA) is 50.1 Å². The maximum absolute atomic E-state index is 11.3. The molecule has 0 bridgehead atoms. The summed E-state index contributed by atoms with van der Waals surface area (Å²) in [5, 5.41) is 8.82. The first-order chi connectivity index (χ1) is 7.60. The van der Waals surface area contributed by atoms with Crippen LogP contribution in [0.15, 0.2) is 17.0 Å². The summed E-state index contributed by atoms with van der Waals surface area (Å²) in [6.07, 6.45) is 0.194. The minimum atomic E-state index is -0.276. The second-order valence-electron chi connectivity index (χ2n) is 3.34. The lowest BCUT2D eigenvalue weighted by atomic mass is 10.0. The number of thiol groups is 1. The first-order valence-electron chi connectivity index (χ1n) is 4.97. The van der Waals surface area contributed by atoms with Crippen LogP contribution in [0.2, 0.25) is 0 Å². The van der Waals surface area contributed by atoms with Crippen LogP contribution in [0, 0.1) is 18.3 Å². The molecule has 84 valence electrons. The van der Waals surface area contributed by atoms with Gasteiger partial charge >= 0.3 is 5.97 Å². The van der Waals surface area contributed by atoms with E-state index in [4.69, 9.17) is 10.00 Å². The molecule has 3 nitrogen and oxygen atoms in total. The molecule has 0 N–H and O–H groups in total. The van der Waals surface area contributed by atoms with Gasteiger partial charge in [0.2, 0.25) is 0 Å². The molecule has 0 fully saturated rings. The number of hydrogen-bond acceptors (Lipinski definition) is 4. The molecule has 16 heavy (non-hydrogen) atoms. The molecule has 4 heteroatoms. The van der Waals surface area contributed by atoms with E-state index in [2.05, 4.69) is 18.7 Å². The number of rotatable bonds is 3. The van der Waals surface area contributed by atoms with Crippen molar-refractivity contribution in [3.8, 4) is 6.07 Å². The first kappa shape index (κ1) is 12.6. The molecular weight excluding hydrogens is 222 g/mol. The molecule has 0 atom stereocenters. The molecular formula is C12H13NO2S. The maximum Gasteiger partial charge on any atom is 0.310 e. The first-order valence-corrected chi connectivity index (χ1v) is 5.42. The van der Waals surface area contributed by atoms with Crippen LogP contribution in [-0.2, 0) is 16.0 Å². The van der Waals surface area contributed by atoms with Crippen molar-refractivity contribution in [3.05, 3.63) is 28.8 Å². The highest BCUT2D eigenvalue weighted by Gasteiger charge is 2.10. The second-order valence-corrected chi connectivity index (χ2v) is 3.79. The minimum absolute atomic E-state index is 0.194. The predicted molar refractivity (Wildman–Crippen MR) is 63.5 cm³/mol. The van der Waals surface area contributed by atoms with E-state index < -0.39 is 0 Å². The molecule has 1 aromatic rings. The second kappa shape index (κ2) is 5.57. The van der Waals surface area contributed by atoms with Crippen LogP contribution >= 0.6 is 12.6 Å². The molecule has 1 rings (SSSR count). The van der Waals surface area contributed by atoms with Crippen LogP contribution in [0.4, 0.5) is 0 Å². The third kappa shape index (κ3) is 2.77. The van der Waals surface area contributed by atoms with E-state index in [-0.39, 0.29) is 12.4 Å². The van der Waals surface area contributed by atoms with Gasteiger partial charge in [-0.15, -0.1) is 12.6 Å². The van der Waals surface area contributed by atoms with Gasteiger partial charge < -0.3 is 4.74 Å². The van der Waals surface area contributed by atoms with E-state index in [0.29, 0.717) is 17.1 Å². The lowest BCUT2D eigenvalue weighted by Crippen LogP contribution is -2.08. The van der Waals surface area contributed by atoms with Crippen LogP contribution in [0.3, 0.4) is 0 Å². The Morgan fingerprint density at radius 3 is 2.81 bits per heavy atom. The summed E-state index contributed by atoms with van der Waals surface area (Å²) in [7, 11) is 0. The highest BCUT2D eigenvalue weighted by Crippen LogP contribution is 2.22. The summed E-state index contributed by atoms with van der Waals surface area (Å²) < 4.78 is 4.86. The molecule has 0 aliphatic rings. The Morgan fingerprint density at radius 1 is 1.56 bits per heavy atom. The molecule has 0 aliphatic heterocycles. The number of nitriles is 1. The third-order valence-corrected chi connectivity index (χ3v) is 2.90. The van der Waals surface area contributed by atoms with E-state index >= 15 is 0 Å². The van der Waals surface area contributed by atoms with Crippen molar-refractivity contribution in [2.45, 2.75) is 25.2 Å². The summed E-state index contributed by atoms with van der Waals surface area (Å²) in [4.78, 5) is 12.0. The number of benzene rings is 1. The van der Waals surface area contributed by atoms with Gasteiger partial charge in [0.15, 0.2) is 0 Å². The van der Waals surface area contributed by atoms with Gasteiger partial charge in [-0.3, -0.25) is 4.79 Å². The number of carbonyl (C=O) groups excluding carboxylic acids is 1. The number of nitrogens with zero attached hydrogens (tertiary/aromatic N) is 1. The van der Waals surface area contributed by atoms with E-state index in [1.807, 2.05) is 6.92 Å². The molecule has 0 saturated carbocycles. The number of esters is 1. The van der Waals surface area contributed by atoms with Crippen molar-refractivity contribution in [3.63, 3.8) is 0 Å². The van der Waals surface area contributed by atoms with Crippen LogP contribution in [0.25, 0.3) is 0 Å². The highest BCUT2D eigenvalue weighted by molar-refractivity contribution is 7.80. The monoisotopic (exact) mass is 235 g/mol. The molecule has 1 aromatic carbocycles. The summed E-state index contributed by atoms with van der Waals surface area (Å²) in [6.45, 7) is 3.95. The SMILES string of the molecule is CCOC(=O)Cc1ccc(C#N)c(C)c1S. The van der Waals surface area contributed by atoms with E-state index in [0.717, 1.165) is 11.1 Å². The van der Waals surface area contributed by atoms with E-state index in [1.165, 1.54) is 0 Å². The zero-order valence-corrected chi connectivity index (χ0v) is 10.2. The average molecular weight is 235 g/mol.